The fraction of sp³-hybridized carbons (Fsp3) is 0.462. The van der Waals surface area contributed by atoms with Crippen LogP contribution in [0.5, 0.6) is 0 Å². The molecule has 17 heavy (non-hydrogen) atoms. The molecule has 0 spiro atoms. The maximum atomic E-state index is 5.56. The molecule has 94 valence electrons. The predicted molar refractivity (Wildman–Crippen MR) is 76.5 cm³/mol. The molecule has 0 aliphatic carbocycles. The first-order chi connectivity index (χ1) is 8.13. The van der Waals surface area contributed by atoms with E-state index in [9.17, 15) is 0 Å². The maximum absolute atomic E-state index is 5.56. The Balaban J connectivity index is 2.68. The molecule has 1 atom stereocenters. The van der Waals surface area contributed by atoms with Crippen molar-refractivity contribution in [2.75, 3.05) is 25.1 Å². The van der Waals surface area contributed by atoms with E-state index < -0.39 is 0 Å². The van der Waals surface area contributed by atoms with E-state index in [2.05, 4.69) is 24.0 Å². The van der Waals surface area contributed by atoms with E-state index in [1.807, 2.05) is 18.2 Å². The van der Waals surface area contributed by atoms with Crippen molar-refractivity contribution >= 4 is 22.9 Å². The Labute approximate surface area is 109 Å². The van der Waals surface area contributed by atoms with Gasteiger partial charge in [0.2, 0.25) is 0 Å². The fourth-order valence-corrected chi connectivity index (χ4v) is 1.69. The minimum absolute atomic E-state index is 0.182. The number of benzene rings is 1. The molecule has 3 nitrogen and oxygen atoms in total. The van der Waals surface area contributed by atoms with Crippen LogP contribution in [0.4, 0.5) is 5.69 Å². The van der Waals surface area contributed by atoms with Gasteiger partial charge in [-0.15, -0.1) is 0 Å². The van der Waals surface area contributed by atoms with E-state index in [-0.39, 0.29) is 6.10 Å². The third-order valence-corrected chi connectivity index (χ3v) is 2.83. The van der Waals surface area contributed by atoms with Crippen molar-refractivity contribution in [1.82, 2.24) is 0 Å². The third-order valence-electron chi connectivity index (χ3n) is 2.63. The standard InChI is InChI=1S/C13H20N2OS/c1-11(16-2)10-15(9-8-13(14)17)12-6-4-3-5-7-12/h3-7,11H,8-10H2,1-2H3,(H2,14,17). The molecular weight excluding hydrogens is 232 g/mol. The average molecular weight is 252 g/mol. The number of thiocarbonyl (C=S) groups is 1. The largest absolute Gasteiger partial charge is 0.393 e. The van der Waals surface area contributed by atoms with Crippen molar-refractivity contribution in [2.24, 2.45) is 5.73 Å². The Kier molecular flexibility index (Phi) is 5.94. The summed E-state index contributed by atoms with van der Waals surface area (Å²) in [5, 5.41) is 0. The lowest BCUT2D eigenvalue weighted by molar-refractivity contribution is 0.123. The lowest BCUT2D eigenvalue weighted by Gasteiger charge is -2.27. The molecule has 2 N–H and O–H groups in total. The van der Waals surface area contributed by atoms with E-state index in [0.717, 1.165) is 19.5 Å². The summed E-state index contributed by atoms with van der Waals surface area (Å²) in [5.41, 5.74) is 6.73. The Bertz CT molecular complexity index is 343. The molecule has 0 aliphatic heterocycles. The second kappa shape index (κ2) is 7.25. The minimum Gasteiger partial charge on any atom is -0.393 e. The molecule has 0 heterocycles. The fourth-order valence-electron chi connectivity index (χ4n) is 1.59. The SMILES string of the molecule is COC(C)CN(CCC(N)=S)c1ccccc1. The zero-order valence-electron chi connectivity index (χ0n) is 10.4. The second-order valence-corrected chi connectivity index (χ2v) is 4.57. The van der Waals surface area contributed by atoms with E-state index in [1.54, 1.807) is 7.11 Å². The summed E-state index contributed by atoms with van der Waals surface area (Å²) in [4.78, 5) is 2.80. The van der Waals surface area contributed by atoms with Crippen molar-refractivity contribution in [3.05, 3.63) is 30.3 Å². The van der Waals surface area contributed by atoms with Gasteiger partial charge in [-0.25, -0.2) is 0 Å². The number of para-hydroxylation sites is 1. The van der Waals surface area contributed by atoms with Crippen LogP contribution in [-0.2, 0) is 4.74 Å². The number of nitrogens with zero attached hydrogens (tertiary/aromatic N) is 1. The van der Waals surface area contributed by atoms with Crippen LogP contribution in [0.2, 0.25) is 0 Å². The molecule has 0 aromatic heterocycles. The van der Waals surface area contributed by atoms with Gasteiger partial charge in [0, 0.05) is 32.3 Å². The Morgan fingerprint density at radius 2 is 2.06 bits per heavy atom. The van der Waals surface area contributed by atoms with E-state index in [0.29, 0.717) is 4.99 Å². The van der Waals surface area contributed by atoms with Crippen LogP contribution in [0.3, 0.4) is 0 Å². The zero-order valence-corrected chi connectivity index (χ0v) is 11.2. The summed E-state index contributed by atoms with van der Waals surface area (Å²) >= 11 is 4.93. The molecule has 0 saturated carbocycles. The summed E-state index contributed by atoms with van der Waals surface area (Å²) in [7, 11) is 1.72. The van der Waals surface area contributed by atoms with Crippen molar-refractivity contribution < 1.29 is 4.74 Å². The Hall–Kier alpha value is -1.13. The highest BCUT2D eigenvalue weighted by Crippen LogP contribution is 2.14. The van der Waals surface area contributed by atoms with E-state index in [4.69, 9.17) is 22.7 Å². The highest BCUT2D eigenvalue weighted by Gasteiger charge is 2.10. The molecule has 0 saturated heterocycles. The van der Waals surface area contributed by atoms with Gasteiger partial charge >= 0.3 is 0 Å². The van der Waals surface area contributed by atoms with Gasteiger partial charge in [0.25, 0.3) is 0 Å². The van der Waals surface area contributed by atoms with Gasteiger partial charge in [-0.05, 0) is 19.1 Å². The van der Waals surface area contributed by atoms with Crippen molar-refractivity contribution in [1.29, 1.82) is 0 Å². The number of nitrogens with two attached hydrogens (primary N) is 1. The van der Waals surface area contributed by atoms with Gasteiger partial charge in [0.15, 0.2) is 0 Å². The van der Waals surface area contributed by atoms with Crippen LogP contribution in [0, 0.1) is 0 Å². The van der Waals surface area contributed by atoms with Crippen LogP contribution in [0.15, 0.2) is 30.3 Å². The van der Waals surface area contributed by atoms with Crippen LogP contribution in [0.25, 0.3) is 0 Å². The molecule has 4 heteroatoms. The van der Waals surface area contributed by atoms with Gasteiger partial charge in [0.1, 0.15) is 0 Å². The molecule has 1 aromatic rings. The first-order valence-corrected chi connectivity index (χ1v) is 6.15. The van der Waals surface area contributed by atoms with Crippen molar-refractivity contribution in [3.8, 4) is 0 Å². The van der Waals surface area contributed by atoms with Gasteiger partial charge in [-0.3, -0.25) is 0 Å². The molecule has 0 bridgehead atoms. The summed E-state index contributed by atoms with van der Waals surface area (Å²) in [6, 6.07) is 10.2. The lowest BCUT2D eigenvalue weighted by atomic mass is 10.2. The molecular formula is C13H20N2OS. The quantitative estimate of drug-likeness (QED) is 0.755. The normalized spacial score (nSPS) is 12.1. The first kappa shape index (κ1) is 13.9. The van der Waals surface area contributed by atoms with Crippen molar-refractivity contribution in [2.45, 2.75) is 19.4 Å². The topological polar surface area (TPSA) is 38.5 Å². The monoisotopic (exact) mass is 252 g/mol. The van der Waals surface area contributed by atoms with Crippen LogP contribution in [0.1, 0.15) is 13.3 Å². The molecule has 0 aliphatic rings. The molecule has 1 unspecified atom stereocenters. The summed E-state index contributed by atoms with van der Waals surface area (Å²) in [6.45, 7) is 3.72. The summed E-state index contributed by atoms with van der Waals surface area (Å²) < 4.78 is 5.30. The molecule has 0 amide bonds. The second-order valence-electron chi connectivity index (χ2n) is 4.04. The lowest BCUT2D eigenvalue weighted by Crippen LogP contribution is -2.34. The predicted octanol–water partition coefficient (Wildman–Crippen LogP) is 2.20. The molecule has 0 fully saturated rings. The third kappa shape index (κ3) is 5.15. The van der Waals surface area contributed by atoms with Gasteiger partial charge in [-0.1, -0.05) is 30.4 Å². The number of methoxy groups -OCH3 is 1. The number of ether oxygens (including phenoxy) is 1. The Morgan fingerprint density at radius 3 is 2.59 bits per heavy atom. The number of hydrogen-bond donors (Lipinski definition) is 1. The molecule has 1 rings (SSSR count). The van der Waals surface area contributed by atoms with E-state index in [1.165, 1.54) is 5.69 Å². The summed E-state index contributed by atoms with van der Waals surface area (Å²) in [6.07, 6.45) is 0.905. The summed E-state index contributed by atoms with van der Waals surface area (Å²) in [5.74, 6) is 0. The molecule has 1 aromatic carbocycles. The number of hydrogen-bond acceptors (Lipinski definition) is 3. The minimum atomic E-state index is 0.182. The first-order valence-electron chi connectivity index (χ1n) is 5.74. The molecule has 0 radical (unpaired) electrons. The van der Waals surface area contributed by atoms with E-state index >= 15 is 0 Å². The zero-order chi connectivity index (χ0) is 12.7. The van der Waals surface area contributed by atoms with Gasteiger partial charge in [0.05, 0.1) is 11.1 Å². The van der Waals surface area contributed by atoms with Crippen molar-refractivity contribution in [3.63, 3.8) is 0 Å². The van der Waals surface area contributed by atoms with Gasteiger partial charge in [-0.2, -0.15) is 0 Å². The van der Waals surface area contributed by atoms with Crippen LogP contribution < -0.4 is 10.6 Å². The Morgan fingerprint density at radius 1 is 1.41 bits per heavy atom. The van der Waals surface area contributed by atoms with Gasteiger partial charge < -0.3 is 15.4 Å². The number of rotatable bonds is 7. The van der Waals surface area contributed by atoms with Crippen LogP contribution >= 0.6 is 12.2 Å². The highest BCUT2D eigenvalue weighted by atomic mass is 32.1. The average Bonchev–Trinajstić information content (AvgIpc) is 2.35. The maximum Gasteiger partial charge on any atom is 0.0745 e. The highest BCUT2D eigenvalue weighted by molar-refractivity contribution is 7.80. The smallest absolute Gasteiger partial charge is 0.0745 e. The van der Waals surface area contributed by atoms with Crippen LogP contribution in [-0.4, -0.2) is 31.3 Å². The number of anilines is 1.